The van der Waals surface area contributed by atoms with Gasteiger partial charge in [0.1, 0.15) is 0 Å². The Balaban J connectivity index is 1.68. The second kappa shape index (κ2) is 8.38. The van der Waals surface area contributed by atoms with Crippen molar-refractivity contribution in [3.05, 3.63) is 29.8 Å². The Kier molecular flexibility index (Phi) is 6.38. The molecule has 6 heteroatoms. The molecule has 1 aliphatic heterocycles. The molecule has 146 valence electrons. The molecular formula is C20H33N3O2S. The molecule has 1 saturated heterocycles. The van der Waals surface area contributed by atoms with Crippen LogP contribution in [0.2, 0.25) is 0 Å². The molecule has 0 spiro atoms. The topological polar surface area (TPSA) is 52.7 Å². The highest BCUT2D eigenvalue weighted by molar-refractivity contribution is 7.89. The van der Waals surface area contributed by atoms with E-state index >= 15 is 0 Å². The summed E-state index contributed by atoms with van der Waals surface area (Å²) in [7, 11) is 0.847. The number of likely N-dealkylation sites (tertiary alicyclic amines) is 1. The van der Waals surface area contributed by atoms with Gasteiger partial charge in [-0.25, -0.2) is 13.1 Å². The molecule has 1 aromatic rings. The van der Waals surface area contributed by atoms with E-state index in [1.165, 1.54) is 19.3 Å². The molecular weight excluding hydrogens is 346 g/mol. The van der Waals surface area contributed by atoms with Gasteiger partial charge in [-0.15, -0.1) is 0 Å². The van der Waals surface area contributed by atoms with E-state index in [0.29, 0.717) is 17.0 Å². The Morgan fingerprint density at radius 2 is 1.62 bits per heavy atom. The van der Waals surface area contributed by atoms with Crippen LogP contribution in [-0.2, 0) is 10.0 Å². The highest BCUT2D eigenvalue weighted by Gasteiger charge is 2.35. The van der Waals surface area contributed by atoms with Crippen LogP contribution in [0.15, 0.2) is 29.2 Å². The minimum absolute atomic E-state index is 0.0194. The third-order valence-corrected chi connectivity index (χ3v) is 7.57. The van der Waals surface area contributed by atoms with Crippen LogP contribution in [0.1, 0.15) is 44.1 Å². The van der Waals surface area contributed by atoms with Crippen molar-refractivity contribution in [2.75, 3.05) is 27.2 Å². The van der Waals surface area contributed by atoms with Crippen LogP contribution in [0.5, 0.6) is 0 Å². The summed E-state index contributed by atoms with van der Waals surface area (Å²) in [6, 6.07) is 8.13. The van der Waals surface area contributed by atoms with E-state index in [4.69, 9.17) is 0 Å². The summed E-state index contributed by atoms with van der Waals surface area (Å²) in [6.45, 7) is 4.10. The van der Waals surface area contributed by atoms with Gasteiger partial charge in [0, 0.05) is 18.1 Å². The maximum atomic E-state index is 12.8. The van der Waals surface area contributed by atoms with E-state index in [1.807, 2.05) is 19.1 Å². The van der Waals surface area contributed by atoms with Crippen LogP contribution in [0.25, 0.3) is 0 Å². The van der Waals surface area contributed by atoms with Gasteiger partial charge in [-0.3, -0.25) is 4.90 Å². The largest absolute Gasteiger partial charge is 0.306 e. The number of hydrogen-bond donors (Lipinski definition) is 1. The maximum absolute atomic E-state index is 12.8. The lowest BCUT2D eigenvalue weighted by Gasteiger charge is -2.44. The first kappa shape index (κ1) is 19.8. The molecule has 2 fully saturated rings. The Morgan fingerprint density at radius 1 is 1.00 bits per heavy atom. The van der Waals surface area contributed by atoms with Gasteiger partial charge in [0.15, 0.2) is 0 Å². The summed E-state index contributed by atoms with van der Waals surface area (Å²) >= 11 is 0. The van der Waals surface area contributed by atoms with Crippen LogP contribution in [-0.4, -0.2) is 63.5 Å². The smallest absolute Gasteiger partial charge is 0.240 e. The van der Waals surface area contributed by atoms with E-state index in [9.17, 15) is 8.42 Å². The molecule has 1 heterocycles. The second-order valence-corrected chi connectivity index (χ2v) is 9.84. The normalized spacial score (nSPS) is 26.3. The Hall–Kier alpha value is -0.950. The zero-order valence-electron chi connectivity index (χ0n) is 16.3. The lowest BCUT2D eigenvalue weighted by molar-refractivity contribution is 0.0759. The first-order valence-corrected chi connectivity index (χ1v) is 11.3. The Morgan fingerprint density at radius 3 is 2.23 bits per heavy atom. The van der Waals surface area contributed by atoms with Gasteiger partial charge in [-0.1, -0.05) is 30.5 Å². The average molecular weight is 380 g/mol. The number of hydrogen-bond acceptors (Lipinski definition) is 4. The summed E-state index contributed by atoms with van der Waals surface area (Å²) in [5, 5.41) is 0. The molecule has 2 aliphatic rings. The van der Waals surface area contributed by atoms with Crippen molar-refractivity contribution in [3.63, 3.8) is 0 Å². The maximum Gasteiger partial charge on any atom is 0.240 e. The van der Waals surface area contributed by atoms with Crippen LogP contribution >= 0.6 is 0 Å². The van der Waals surface area contributed by atoms with Crippen LogP contribution in [0.4, 0.5) is 0 Å². The van der Waals surface area contributed by atoms with Crippen molar-refractivity contribution in [1.82, 2.24) is 14.5 Å². The molecule has 2 atom stereocenters. The lowest BCUT2D eigenvalue weighted by atomic mass is 9.88. The van der Waals surface area contributed by atoms with Crippen molar-refractivity contribution < 1.29 is 8.42 Å². The van der Waals surface area contributed by atoms with Gasteiger partial charge in [0.2, 0.25) is 10.0 Å². The van der Waals surface area contributed by atoms with Crippen molar-refractivity contribution in [2.45, 2.75) is 68.5 Å². The molecule has 5 nitrogen and oxygen atoms in total. The van der Waals surface area contributed by atoms with Crippen LogP contribution in [0.3, 0.4) is 0 Å². The third kappa shape index (κ3) is 4.66. The Bertz CT molecular complexity index is 680. The van der Waals surface area contributed by atoms with Crippen molar-refractivity contribution in [2.24, 2.45) is 0 Å². The zero-order chi connectivity index (χ0) is 18.7. The Labute approximate surface area is 158 Å². The van der Waals surface area contributed by atoms with Gasteiger partial charge in [-0.05, 0) is 71.9 Å². The van der Waals surface area contributed by atoms with E-state index in [0.717, 1.165) is 37.9 Å². The van der Waals surface area contributed by atoms with Gasteiger partial charge in [0.25, 0.3) is 0 Å². The third-order valence-electron chi connectivity index (χ3n) is 6.07. The summed E-state index contributed by atoms with van der Waals surface area (Å²) in [6.07, 6.45) is 6.66. The monoisotopic (exact) mass is 379 g/mol. The zero-order valence-corrected chi connectivity index (χ0v) is 17.1. The number of benzene rings is 1. The quantitative estimate of drug-likeness (QED) is 0.854. The molecule has 1 unspecified atom stereocenters. The fourth-order valence-electron chi connectivity index (χ4n) is 4.40. The van der Waals surface area contributed by atoms with E-state index in [-0.39, 0.29) is 6.04 Å². The molecule has 1 aromatic carbocycles. The van der Waals surface area contributed by atoms with Gasteiger partial charge < -0.3 is 4.90 Å². The van der Waals surface area contributed by atoms with Crippen LogP contribution in [0, 0.1) is 6.92 Å². The molecule has 0 radical (unpaired) electrons. The predicted molar refractivity (Wildman–Crippen MR) is 106 cm³/mol. The molecule has 26 heavy (non-hydrogen) atoms. The molecule has 1 aliphatic carbocycles. The number of rotatable bonds is 5. The summed E-state index contributed by atoms with van der Waals surface area (Å²) in [5.74, 6) is 0. The number of aryl methyl sites for hydroxylation is 1. The van der Waals surface area contributed by atoms with Crippen molar-refractivity contribution in [3.8, 4) is 0 Å². The van der Waals surface area contributed by atoms with E-state index in [2.05, 4.69) is 28.6 Å². The molecule has 1 saturated carbocycles. The van der Waals surface area contributed by atoms with Crippen LogP contribution < -0.4 is 4.72 Å². The SMILES string of the molecule is Cc1ccc(S(=O)(=O)N[C@@H]2CCCCC2N2CCC(N(C)C)CC2)cc1. The fraction of sp³-hybridized carbons (Fsp3) is 0.700. The number of nitrogens with one attached hydrogen (secondary N) is 1. The fourth-order valence-corrected chi connectivity index (χ4v) is 5.71. The summed E-state index contributed by atoms with van der Waals surface area (Å²) in [4.78, 5) is 5.22. The predicted octanol–water partition coefficient (Wildman–Crippen LogP) is 2.61. The van der Waals surface area contributed by atoms with Gasteiger partial charge >= 0.3 is 0 Å². The minimum Gasteiger partial charge on any atom is -0.306 e. The average Bonchev–Trinajstić information content (AvgIpc) is 2.62. The van der Waals surface area contributed by atoms with E-state index in [1.54, 1.807) is 12.1 Å². The standard InChI is InChI=1S/C20H33N3O2S/c1-16-8-10-18(11-9-16)26(24,25)21-19-6-4-5-7-20(19)23-14-12-17(13-15-23)22(2)3/h8-11,17,19-21H,4-7,12-15H2,1-3H3/t19-,20?/m1/s1. The first-order chi connectivity index (χ1) is 12.4. The number of sulfonamides is 1. The van der Waals surface area contributed by atoms with Gasteiger partial charge in [0.05, 0.1) is 4.90 Å². The summed E-state index contributed by atoms with van der Waals surface area (Å²) < 4.78 is 28.7. The highest BCUT2D eigenvalue weighted by Crippen LogP contribution is 2.28. The first-order valence-electron chi connectivity index (χ1n) is 9.86. The second-order valence-electron chi connectivity index (χ2n) is 8.12. The molecule has 0 bridgehead atoms. The molecule has 0 amide bonds. The van der Waals surface area contributed by atoms with E-state index < -0.39 is 10.0 Å². The highest BCUT2D eigenvalue weighted by atomic mass is 32.2. The van der Waals surface area contributed by atoms with Gasteiger partial charge in [-0.2, -0.15) is 0 Å². The summed E-state index contributed by atoms with van der Waals surface area (Å²) in [5.41, 5.74) is 1.07. The lowest BCUT2D eigenvalue weighted by Crippen LogP contribution is -2.56. The van der Waals surface area contributed by atoms with Crippen molar-refractivity contribution >= 4 is 10.0 Å². The molecule has 3 rings (SSSR count). The number of piperidine rings is 1. The molecule has 1 N–H and O–H groups in total. The number of nitrogens with zero attached hydrogens (tertiary/aromatic N) is 2. The van der Waals surface area contributed by atoms with Crippen molar-refractivity contribution in [1.29, 1.82) is 0 Å². The molecule has 0 aromatic heterocycles. The minimum atomic E-state index is -3.46.